The summed E-state index contributed by atoms with van der Waals surface area (Å²) in [6, 6.07) is 11.9. The van der Waals surface area contributed by atoms with Gasteiger partial charge in [0, 0.05) is 16.6 Å². The number of nitrogens with zero attached hydrogens (tertiary/aromatic N) is 2. The molecule has 7 heteroatoms. The van der Waals surface area contributed by atoms with Crippen LogP contribution in [0.3, 0.4) is 0 Å². The van der Waals surface area contributed by atoms with Gasteiger partial charge in [-0.3, -0.25) is 0 Å². The molecule has 0 saturated heterocycles. The molecule has 0 unspecified atom stereocenters. The Labute approximate surface area is 177 Å². The number of rotatable bonds is 3. The molecule has 0 fully saturated rings. The molecule has 0 amide bonds. The van der Waals surface area contributed by atoms with E-state index < -0.39 is 0 Å². The molecule has 2 heterocycles. The number of fused-ring (bicyclic) bond motifs is 1. The number of halogens is 3. The van der Waals surface area contributed by atoms with E-state index in [-0.39, 0.29) is 12.4 Å². The summed E-state index contributed by atoms with van der Waals surface area (Å²) < 4.78 is 0. The van der Waals surface area contributed by atoms with Crippen molar-refractivity contribution in [1.82, 2.24) is 9.97 Å². The molecule has 27 heavy (non-hydrogen) atoms. The summed E-state index contributed by atoms with van der Waals surface area (Å²) in [5.41, 5.74) is 5.65. The first kappa shape index (κ1) is 19.9. The van der Waals surface area contributed by atoms with E-state index in [0.717, 1.165) is 32.8 Å². The van der Waals surface area contributed by atoms with Gasteiger partial charge in [0.05, 0.1) is 15.4 Å². The lowest BCUT2D eigenvalue weighted by atomic mass is 10.0. The van der Waals surface area contributed by atoms with Gasteiger partial charge in [0.1, 0.15) is 17.0 Å². The Bertz CT molecular complexity index is 1120. The van der Waals surface area contributed by atoms with Crippen LogP contribution in [0.2, 0.25) is 10.0 Å². The second-order valence-electron chi connectivity index (χ2n) is 6.10. The maximum atomic E-state index is 6.13. The van der Waals surface area contributed by atoms with Gasteiger partial charge in [-0.2, -0.15) is 0 Å². The molecule has 1 N–H and O–H groups in total. The number of aromatic nitrogens is 2. The third-order valence-corrected chi connectivity index (χ3v) is 6.00. The fourth-order valence-electron chi connectivity index (χ4n) is 2.80. The van der Waals surface area contributed by atoms with Gasteiger partial charge in [0.2, 0.25) is 0 Å². The lowest BCUT2D eigenvalue weighted by molar-refractivity contribution is 1.23. The molecule has 0 aliphatic carbocycles. The van der Waals surface area contributed by atoms with E-state index in [9.17, 15) is 0 Å². The zero-order valence-corrected chi connectivity index (χ0v) is 17.7. The van der Waals surface area contributed by atoms with Crippen molar-refractivity contribution in [3.8, 4) is 11.1 Å². The van der Waals surface area contributed by atoms with Gasteiger partial charge in [-0.15, -0.1) is 23.7 Å². The van der Waals surface area contributed by atoms with Crippen LogP contribution in [0.4, 0.5) is 11.5 Å². The first-order chi connectivity index (χ1) is 12.5. The first-order valence-electron chi connectivity index (χ1n) is 8.05. The van der Waals surface area contributed by atoms with Gasteiger partial charge in [0.25, 0.3) is 0 Å². The van der Waals surface area contributed by atoms with Gasteiger partial charge < -0.3 is 5.32 Å². The summed E-state index contributed by atoms with van der Waals surface area (Å²) >= 11 is 13.8. The summed E-state index contributed by atoms with van der Waals surface area (Å²) in [5.74, 6) is 0.753. The number of anilines is 2. The highest BCUT2D eigenvalue weighted by Gasteiger charge is 2.14. The van der Waals surface area contributed by atoms with Crippen LogP contribution >= 0.6 is 46.9 Å². The Morgan fingerprint density at radius 2 is 1.74 bits per heavy atom. The topological polar surface area (TPSA) is 37.8 Å². The maximum Gasteiger partial charge on any atom is 0.143 e. The Kier molecular flexibility index (Phi) is 5.92. The van der Waals surface area contributed by atoms with Gasteiger partial charge in [-0.25, -0.2) is 9.97 Å². The van der Waals surface area contributed by atoms with Crippen molar-refractivity contribution >= 4 is 68.7 Å². The van der Waals surface area contributed by atoms with Crippen LogP contribution < -0.4 is 5.32 Å². The van der Waals surface area contributed by atoms with Crippen molar-refractivity contribution in [3.63, 3.8) is 0 Å². The van der Waals surface area contributed by atoms with Crippen LogP contribution in [0.15, 0.2) is 48.1 Å². The minimum atomic E-state index is 0. The maximum absolute atomic E-state index is 6.13. The van der Waals surface area contributed by atoms with Crippen LogP contribution in [0, 0.1) is 13.8 Å². The average molecular weight is 437 g/mol. The number of thiophene rings is 1. The zero-order valence-electron chi connectivity index (χ0n) is 14.6. The molecular weight excluding hydrogens is 421 g/mol. The molecule has 4 rings (SSSR count). The largest absolute Gasteiger partial charge is 0.340 e. The van der Waals surface area contributed by atoms with Crippen LogP contribution in [0.1, 0.15) is 11.1 Å². The summed E-state index contributed by atoms with van der Waals surface area (Å²) in [5, 5.41) is 7.51. The number of hydrogen-bond acceptors (Lipinski definition) is 4. The second-order valence-corrected chi connectivity index (χ2v) is 7.78. The highest BCUT2D eigenvalue weighted by atomic mass is 35.5. The Morgan fingerprint density at radius 3 is 2.48 bits per heavy atom. The Hall–Kier alpha value is -1.85. The molecule has 3 nitrogen and oxygen atoms in total. The lowest BCUT2D eigenvalue weighted by Gasteiger charge is -2.10. The van der Waals surface area contributed by atoms with Gasteiger partial charge in [-0.05, 0) is 48.7 Å². The SMILES string of the molecule is Cc1ccc(-c2csc3ncnc(Nc4ccc(Cl)c(Cl)c4)c23)cc1C.Cl. The quantitative estimate of drug-likeness (QED) is 0.362. The normalized spacial score (nSPS) is 10.7. The third kappa shape index (κ3) is 3.90. The second kappa shape index (κ2) is 8.03. The Morgan fingerprint density at radius 1 is 0.926 bits per heavy atom. The number of nitrogens with one attached hydrogen (secondary N) is 1. The number of hydrogen-bond donors (Lipinski definition) is 1. The fraction of sp³-hybridized carbons (Fsp3) is 0.100. The van der Waals surface area contributed by atoms with E-state index >= 15 is 0 Å². The van der Waals surface area contributed by atoms with Crippen molar-refractivity contribution in [2.45, 2.75) is 13.8 Å². The molecular formula is C20H16Cl3N3S. The van der Waals surface area contributed by atoms with Crippen LogP contribution in [-0.4, -0.2) is 9.97 Å². The van der Waals surface area contributed by atoms with Crippen LogP contribution in [0.25, 0.3) is 21.3 Å². The molecule has 4 aromatic rings. The Balaban J connectivity index is 0.00000210. The minimum absolute atomic E-state index is 0. The van der Waals surface area contributed by atoms with Crippen LogP contribution in [-0.2, 0) is 0 Å². The minimum Gasteiger partial charge on any atom is -0.340 e. The molecule has 0 aliphatic rings. The van der Waals surface area contributed by atoms with E-state index in [2.05, 4.69) is 52.7 Å². The third-order valence-electron chi connectivity index (χ3n) is 4.37. The van der Waals surface area contributed by atoms with Gasteiger partial charge in [-0.1, -0.05) is 41.4 Å². The summed E-state index contributed by atoms with van der Waals surface area (Å²) in [6.07, 6.45) is 1.57. The van der Waals surface area contributed by atoms with Crippen molar-refractivity contribution in [3.05, 3.63) is 69.3 Å². The van der Waals surface area contributed by atoms with Crippen molar-refractivity contribution in [2.75, 3.05) is 5.32 Å². The monoisotopic (exact) mass is 435 g/mol. The molecule has 0 aliphatic heterocycles. The van der Waals surface area contributed by atoms with E-state index in [4.69, 9.17) is 23.2 Å². The molecule has 0 spiro atoms. The van der Waals surface area contributed by atoms with Gasteiger partial charge >= 0.3 is 0 Å². The van der Waals surface area contributed by atoms with E-state index in [0.29, 0.717) is 10.0 Å². The summed E-state index contributed by atoms with van der Waals surface area (Å²) in [6.45, 7) is 4.24. The molecule has 0 radical (unpaired) electrons. The molecule has 2 aromatic carbocycles. The average Bonchev–Trinajstić information content (AvgIpc) is 3.06. The van der Waals surface area contributed by atoms with Crippen molar-refractivity contribution < 1.29 is 0 Å². The molecule has 138 valence electrons. The van der Waals surface area contributed by atoms with E-state index in [1.165, 1.54) is 11.1 Å². The van der Waals surface area contributed by atoms with Crippen LogP contribution in [0.5, 0.6) is 0 Å². The first-order valence-corrected chi connectivity index (χ1v) is 9.68. The fourth-order valence-corrected chi connectivity index (χ4v) is 4.02. The molecule has 0 atom stereocenters. The van der Waals surface area contributed by atoms with Crippen molar-refractivity contribution in [1.29, 1.82) is 0 Å². The smallest absolute Gasteiger partial charge is 0.143 e. The van der Waals surface area contributed by atoms with E-state index in [1.54, 1.807) is 29.8 Å². The van der Waals surface area contributed by atoms with Gasteiger partial charge in [0.15, 0.2) is 0 Å². The van der Waals surface area contributed by atoms with Crippen molar-refractivity contribution in [2.24, 2.45) is 0 Å². The summed E-state index contributed by atoms with van der Waals surface area (Å²) in [4.78, 5) is 9.82. The lowest BCUT2D eigenvalue weighted by Crippen LogP contribution is -1.95. The molecule has 0 bridgehead atoms. The van der Waals surface area contributed by atoms with E-state index in [1.807, 2.05) is 6.07 Å². The zero-order chi connectivity index (χ0) is 18.3. The predicted molar refractivity (Wildman–Crippen MR) is 119 cm³/mol. The number of aryl methyl sites for hydroxylation is 2. The highest BCUT2D eigenvalue weighted by Crippen LogP contribution is 2.38. The summed E-state index contributed by atoms with van der Waals surface area (Å²) in [7, 11) is 0. The predicted octanol–water partition coefficient (Wildman–Crippen LogP) is 7.45. The molecule has 0 saturated carbocycles. The number of benzene rings is 2. The highest BCUT2D eigenvalue weighted by molar-refractivity contribution is 7.17. The standard InChI is InChI=1S/C20H15Cl2N3S.ClH/c1-11-3-4-13(7-12(11)2)15-9-26-20-18(15)19(23-10-24-20)25-14-5-6-16(21)17(22)8-14;/h3-10H,1-2H3,(H,23,24,25);1H. The molecule has 2 aromatic heterocycles.